The number of carbonyl (C=O) groups is 1. The summed E-state index contributed by atoms with van der Waals surface area (Å²) in [6.07, 6.45) is -0.937. The first-order chi connectivity index (χ1) is 13.0. The lowest BCUT2D eigenvalue weighted by atomic mass is 10.1. The summed E-state index contributed by atoms with van der Waals surface area (Å²) in [5.41, 5.74) is 1.99. The van der Waals surface area contributed by atoms with E-state index in [-0.39, 0.29) is 0 Å². The molecule has 1 heterocycles. The second-order valence-electron chi connectivity index (χ2n) is 7.02. The smallest absolute Gasteiger partial charge is 0.411 e. The van der Waals surface area contributed by atoms with Gasteiger partial charge in [0, 0.05) is 56.0 Å². The van der Waals surface area contributed by atoms with Crippen molar-refractivity contribution in [2.24, 2.45) is 0 Å². The van der Waals surface area contributed by atoms with E-state index in [1.165, 1.54) is 10.5 Å². The van der Waals surface area contributed by atoms with Gasteiger partial charge in [0.15, 0.2) is 0 Å². The molecule has 0 radical (unpaired) electrons. The molecule has 0 aromatic heterocycles. The molecule has 1 amide bonds. The van der Waals surface area contributed by atoms with Gasteiger partial charge in [-0.05, 0) is 36.8 Å². The number of piperazine rings is 1. The topological polar surface area (TPSA) is 47.0 Å². The maximum absolute atomic E-state index is 11.6. The van der Waals surface area contributed by atoms with Gasteiger partial charge < -0.3 is 5.11 Å². The number of hydrogen-bond acceptors (Lipinski definition) is 3. The molecule has 144 valence electrons. The van der Waals surface area contributed by atoms with E-state index < -0.39 is 6.09 Å². The Hall–Kier alpha value is -2.08. The second kappa shape index (κ2) is 9.22. The van der Waals surface area contributed by atoms with Crippen LogP contribution < -0.4 is 4.90 Å². The highest BCUT2D eigenvalue weighted by Crippen LogP contribution is 2.19. The van der Waals surface area contributed by atoms with Crippen molar-refractivity contribution in [1.82, 2.24) is 9.80 Å². The first-order valence-corrected chi connectivity index (χ1v) is 9.67. The van der Waals surface area contributed by atoms with E-state index in [1.807, 2.05) is 6.07 Å². The molecule has 1 N–H and O–H groups in total. The van der Waals surface area contributed by atoms with Crippen LogP contribution >= 0.6 is 11.6 Å². The van der Waals surface area contributed by atoms with Crippen molar-refractivity contribution in [3.05, 3.63) is 65.2 Å². The minimum Gasteiger partial charge on any atom is -0.465 e. The zero-order valence-corrected chi connectivity index (χ0v) is 16.3. The molecule has 0 bridgehead atoms. The number of anilines is 1. The van der Waals surface area contributed by atoms with Crippen molar-refractivity contribution in [2.75, 3.05) is 37.6 Å². The van der Waals surface area contributed by atoms with Gasteiger partial charge in [-0.25, -0.2) is 4.79 Å². The quantitative estimate of drug-likeness (QED) is 0.812. The molecule has 3 rings (SSSR count). The molecule has 1 unspecified atom stereocenters. The van der Waals surface area contributed by atoms with Crippen molar-refractivity contribution in [2.45, 2.75) is 19.5 Å². The van der Waals surface area contributed by atoms with Crippen LogP contribution in [0.3, 0.4) is 0 Å². The lowest BCUT2D eigenvalue weighted by Crippen LogP contribution is -2.53. The molecule has 5 nitrogen and oxygen atoms in total. The minimum atomic E-state index is -0.937. The van der Waals surface area contributed by atoms with Crippen LogP contribution in [0.25, 0.3) is 0 Å². The predicted molar refractivity (Wildman–Crippen MR) is 110 cm³/mol. The highest BCUT2D eigenvalue weighted by atomic mass is 35.5. The number of hydrogen-bond donors (Lipinski definition) is 1. The molecular weight excluding hydrogens is 362 g/mol. The van der Waals surface area contributed by atoms with Crippen LogP contribution in [0, 0.1) is 0 Å². The first kappa shape index (κ1) is 19.7. The third-order valence-electron chi connectivity index (χ3n) is 5.09. The summed E-state index contributed by atoms with van der Waals surface area (Å²) in [7, 11) is 0. The molecule has 27 heavy (non-hydrogen) atoms. The first-order valence-electron chi connectivity index (χ1n) is 9.29. The van der Waals surface area contributed by atoms with Gasteiger partial charge in [-0.3, -0.25) is 14.7 Å². The maximum atomic E-state index is 11.6. The Labute approximate surface area is 165 Å². The SMILES string of the molecule is CC1CN(CCN(C(=O)O)c2ccc(Cl)cc2)CCN1Cc1ccccc1. The summed E-state index contributed by atoms with van der Waals surface area (Å²) in [5.74, 6) is 0. The Morgan fingerprint density at radius 2 is 1.85 bits per heavy atom. The monoisotopic (exact) mass is 387 g/mol. The van der Waals surface area contributed by atoms with Crippen molar-refractivity contribution >= 4 is 23.4 Å². The van der Waals surface area contributed by atoms with E-state index in [9.17, 15) is 9.90 Å². The highest BCUT2D eigenvalue weighted by molar-refractivity contribution is 6.30. The Balaban J connectivity index is 1.52. The summed E-state index contributed by atoms with van der Waals surface area (Å²) in [6.45, 7) is 7.25. The molecule has 6 heteroatoms. The number of amides is 1. The molecule has 1 saturated heterocycles. The van der Waals surface area contributed by atoms with Crippen LogP contribution in [0.4, 0.5) is 10.5 Å². The van der Waals surface area contributed by atoms with E-state index >= 15 is 0 Å². The number of carboxylic acid groups (broad SMARTS) is 1. The zero-order valence-electron chi connectivity index (χ0n) is 15.6. The summed E-state index contributed by atoms with van der Waals surface area (Å²) >= 11 is 5.90. The lowest BCUT2D eigenvalue weighted by Gasteiger charge is -2.40. The number of halogens is 1. The number of rotatable bonds is 6. The maximum Gasteiger partial charge on any atom is 0.411 e. The Morgan fingerprint density at radius 1 is 1.15 bits per heavy atom. The summed E-state index contributed by atoms with van der Waals surface area (Å²) in [4.78, 5) is 17.9. The zero-order chi connectivity index (χ0) is 19.2. The molecule has 0 spiro atoms. The van der Waals surface area contributed by atoms with Gasteiger partial charge in [0.2, 0.25) is 0 Å². The molecule has 1 fully saturated rings. The van der Waals surface area contributed by atoms with E-state index in [0.29, 0.717) is 23.3 Å². The summed E-state index contributed by atoms with van der Waals surface area (Å²) < 4.78 is 0. The van der Waals surface area contributed by atoms with Gasteiger partial charge in [0.25, 0.3) is 0 Å². The van der Waals surface area contributed by atoms with Crippen molar-refractivity contribution < 1.29 is 9.90 Å². The van der Waals surface area contributed by atoms with Crippen LogP contribution in [-0.4, -0.2) is 59.8 Å². The van der Waals surface area contributed by atoms with Crippen LogP contribution in [0.5, 0.6) is 0 Å². The fourth-order valence-electron chi connectivity index (χ4n) is 3.52. The average molecular weight is 388 g/mol. The molecule has 1 aliphatic rings. The van der Waals surface area contributed by atoms with E-state index in [1.54, 1.807) is 24.3 Å². The molecule has 1 atom stereocenters. The second-order valence-corrected chi connectivity index (χ2v) is 7.45. The minimum absolute atomic E-state index is 0.438. The van der Waals surface area contributed by atoms with Gasteiger partial charge >= 0.3 is 6.09 Å². The van der Waals surface area contributed by atoms with Crippen molar-refractivity contribution in [3.63, 3.8) is 0 Å². The third kappa shape index (κ3) is 5.45. The van der Waals surface area contributed by atoms with Crippen LogP contribution in [-0.2, 0) is 6.54 Å². The molecular formula is C21H26ClN3O2. The highest BCUT2D eigenvalue weighted by Gasteiger charge is 2.24. The molecule has 2 aromatic rings. The Bertz CT molecular complexity index is 739. The van der Waals surface area contributed by atoms with E-state index in [2.05, 4.69) is 41.0 Å². The predicted octanol–water partition coefficient (Wildman–Crippen LogP) is 4.03. The normalized spacial score (nSPS) is 18.4. The van der Waals surface area contributed by atoms with Gasteiger partial charge in [-0.1, -0.05) is 41.9 Å². The van der Waals surface area contributed by atoms with Gasteiger partial charge in [-0.2, -0.15) is 0 Å². The summed E-state index contributed by atoms with van der Waals surface area (Å²) in [5, 5.41) is 10.2. The third-order valence-corrected chi connectivity index (χ3v) is 5.34. The van der Waals surface area contributed by atoms with E-state index in [0.717, 1.165) is 32.7 Å². The van der Waals surface area contributed by atoms with Gasteiger partial charge in [0.1, 0.15) is 0 Å². The molecule has 0 saturated carbocycles. The Kier molecular flexibility index (Phi) is 6.72. The fraction of sp³-hybridized carbons (Fsp3) is 0.381. The van der Waals surface area contributed by atoms with Gasteiger partial charge in [0.05, 0.1) is 0 Å². The number of nitrogens with zero attached hydrogens (tertiary/aromatic N) is 3. The average Bonchev–Trinajstić information content (AvgIpc) is 2.66. The largest absolute Gasteiger partial charge is 0.465 e. The van der Waals surface area contributed by atoms with Crippen LogP contribution in [0.15, 0.2) is 54.6 Å². The van der Waals surface area contributed by atoms with Crippen molar-refractivity contribution in [3.8, 4) is 0 Å². The van der Waals surface area contributed by atoms with Crippen LogP contribution in [0.2, 0.25) is 5.02 Å². The fourth-order valence-corrected chi connectivity index (χ4v) is 3.65. The van der Waals surface area contributed by atoms with E-state index in [4.69, 9.17) is 11.6 Å². The standard InChI is InChI=1S/C21H26ClN3O2/c1-17-15-23(11-13-24(17)16-18-5-3-2-4-6-18)12-14-25(21(26)27)20-9-7-19(22)8-10-20/h2-10,17H,11-16H2,1H3,(H,26,27). The number of benzene rings is 2. The summed E-state index contributed by atoms with van der Waals surface area (Å²) in [6, 6.07) is 17.9. The van der Waals surface area contributed by atoms with Gasteiger partial charge in [-0.15, -0.1) is 0 Å². The molecule has 1 aliphatic heterocycles. The Morgan fingerprint density at radius 3 is 2.48 bits per heavy atom. The lowest BCUT2D eigenvalue weighted by molar-refractivity contribution is 0.0793. The molecule has 2 aromatic carbocycles. The van der Waals surface area contributed by atoms with Crippen LogP contribution in [0.1, 0.15) is 12.5 Å². The van der Waals surface area contributed by atoms with Crippen molar-refractivity contribution in [1.29, 1.82) is 0 Å². The molecule has 0 aliphatic carbocycles.